The van der Waals surface area contributed by atoms with Crippen LogP contribution in [0, 0.1) is 0 Å². The summed E-state index contributed by atoms with van der Waals surface area (Å²) >= 11 is 0. The van der Waals surface area contributed by atoms with Crippen LogP contribution in [0.3, 0.4) is 0 Å². The Morgan fingerprint density at radius 2 is 1.71 bits per heavy atom. The van der Waals surface area contributed by atoms with Gasteiger partial charge in [-0.25, -0.2) is 9.59 Å². The van der Waals surface area contributed by atoms with Crippen LogP contribution >= 0.6 is 15.2 Å². The normalized spacial score (nSPS) is 17.1. The highest BCUT2D eigenvalue weighted by Gasteiger charge is 2.35. The molecule has 1 unspecified atom stereocenters. The minimum absolute atomic E-state index is 0.122. The predicted octanol–water partition coefficient (Wildman–Crippen LogP) is -1.21. The first-order chi connectivity index (χ1) is 10.5. The lowest BCUT2D eigenvalue weighted by molar-refractivity contribution is -0.163. The van der Waals surface area contributed by atoms with Crippen molar-refractivity contribution in [2.75, 3.05) is 12.3 Å². The topological polar surface area (TPSA) is 210 Å². The maximum Gasteiger partial charge on any atom is 0.334 e. The molecule has 0 amide bonds. The lowest BCUT2D eigenvalue weighted by Gasteiger charge is -2.22. The summed E-state index contributed by atoms with van der Waals surface area (Å²) in [5.74, 6) is -2.43. The summed E-state index contributed by atoms with van der Waals surface area (Å²) in [6, 6.07) is -1.46. The monoisotopic (exact) mass is 388 g/mol. The van der Waals surface area contributed by atoms with E-state index in [0.717, 1.165) is 13.0 Å². The fourth-order valence-electron chi connectivity index (χ4n) is 1.51. The number of hydrogen-bond donors (Lipinski definition) is 6. The number of carbonyl (C=O) groups excluding carboxylic acids is 2. The van der Waals surface area contributed by atoms with E-state index in [-0.39, 0.29) is 5.57 Å². The van der Waals surface area contributed by atoms with E-state index >= 15 is 0 Å². The van der Waals surface area contributed by atoms with Crippen molar-refractivity contribution in [1.29, 1.82) is 0 Å². The van der Waals surface area contributed by atoms with Gasteiger partial charge in [0.15, 0.2) is 0 Å². The Bertz CT molecular complexity index is 605. The van der Waals surface area contributed by atoms with Gasteiger partial charge in [-0.15, -0.1) is 0 Å². The van der Waals surface area contributed by atoms with Gasteiger partial charge in [-0.1, -0.05) is 11.6 Å². The first-order valence-electron chi connectivity index (χ1n) is 6.60. The van der Waals surface area contributed by atoms with Crippen molar-refractivity contribution in [1.82, 2.24) is 0 Å². The number of allylic oxidation sites excluding steroid dienone is 1. The average Bonchev–Trinajstić information content (AvgIpc) is 2.32. The Balaban J connectivity index is 4.79. The fourth-order valence-corrected chi connectivity index (χ4v) is 3.02. The quantitative estimate of drug-likeness (QED) is 0.126. The van der Waals surface area contributed by atoms with E-state index in [1.54, 1.807) is 0 Å². The number of ether oxygens (including phenoxy) is 1. The summed E-state index contributed by atoms with van der Waals surface area (Å²) in [5.41, 5.74) is 9.33. The third kappa shape index (κ3) is 10.1. The van der Waals surface area contributed by atoms with Gasteiger partial charge >= 0.3 is 27.1 Å². The van der Waals surface area contributed by atoms with Crippen LogP contribution in [0.25, 0.3) is 0 Å². The molecule has 11 nitrogen and oxygen atoms in total. The van der Waals surface area contributed by atoms with Crippen molar-refractivity contribution in [2.45, 2.75) is 31.8 Å². The van der Waals surface area contributed by atoms with Crippen molar-refractivity contribution < 1.29 is 43.0 Å². The van der Waals surface area contributed by atoms with Crippen LogP contribution in [-0.4, -0.2) is 55.4 Å². The molecule has 140 valence electrons. The number of rotatable bonds is 8. The van der Waals surface area contributed by atoms with E-state index in [9.17, 15) is 18.7 Å². The summed E-state index contributed by atoms with van der Waals surface area (Å²) < 4.78 is 26.1. The Morgan fingerprint density at radius 1 is 1.21 bits per heavy atom. The van der Waals surface area contributed by atoms with Crippen LogP contribution in [-0.2, 0) is 23.5 Å². The predicted molar refractivity (Wildman–Crippen MR) is 83.9 cm³/mol. The third-order valence-corrected chi connectivity index (χ3v) is 4.49. The number of carbonyl (C=O) groups is 2. The molecule has 0 radical (unpaired) electrons. The van der Waals surface area contributed by atoms with Gasteiger partial charge < -0.3 is 35.8 Å². The first kappa shape index (κ1) is 23.1. The van der Waals surface area contributed by atoms with Gasteiger partial charge in [-0.3, -0.25) is 9.13 Å². The van der Waals surface area contributed by atoms with Crippen molar-refractivity contribution in [3.05, 3.63) is 11.6 Å². The van der Waals surface area contributed by atoms with E-state index in [1.165, 1.54) is 6.92 Å². The summed E-state index contributed by atoms with van der Waals surface area (Å²) in [4.78, 5) is 58.6. The average molecular weight is 388 g/mol. The van der Waals surface area contributed by atoms with Gasteiger partial charge in [-0.05, 0) is 20.3 Å². The molecule has 13 heteroatoms. The molecule has 2 atom stereocenters. The van der Waals surface area contributed by atoms with Crippen molar-refractivity contribution >= 4 is 27.1 Å². The van der Waals surface area contributed by atoms with Crippen molar-refractivity contribution in [3.8, 4) is 0 Å². The molecule has 0 aliphatic carbocycles. The molecule has 0 saturated heterocycles. The molecule has 0 bridgehead atoms. The second-order valence-electron chi connectivity index (χ2n) is 5.63. The first-order valence-corrected chi connectivity index (χ1v) is 10.2. The minimum atomic E-state index is -4.37. The van der Waals surface area contributed by atoms with Gasteiger partial charge in [0.2, 0.25) is 0 Å². The van der Waals surface area contributed by atoms with Gasteiger partial charge in [0.1, 0.15) is 11.6 Å². The highest BCUT2D eigenvalue weighted by molar-refractivity contribution is 7.52. The van der Waals surface area contributed by atoms with E-state index < -0.39 is 57.5 Å². The molecular formula is C11H22N2O9P2. The highest BCUT2D eigenvalue weighted by atomic mass is 31.2. The molecule has 0 aliphatic heterocycles. The van der Waals surface area contributed by atoms with Crippen molar-refractivity contribution in [2.24, 2.45) is 11.5 Å². The Morgan fingerprint density at radius 3 is 2.12 bits per heavy atom. The van der Waals surface area contributed by atoms with Gasteiger partial charge in [0, 0.05) is 0 Å². The molecular weight excluding hydrogens is 366 g/mol. The molecule has 0 aromatic heterocycles. The van der Waals surface area contributed by atoms with Crippen LogP contribution in [0.5, 0.6) is 0 Å². The van der Waals surface area contributed by atoms with Crippen LogP contribution in [0.15, 0.2) is 11.6 Å². The van der Waals surface area contributed by atoms with Gasteiger partial charge in [0.25, 0.3) is 0 Å². The molecule has 0 aromatic rings. The standard InChI is InChI=1S/C11H22N2O9P2/c1-7(6-24(19,20)21)5-8(12)9(14)22-10(15)11(2,13)3-4-23(16,17)18/h5,8H,3-4,6,12-13H2,1-2H3,(H2,16,17,18)(H2,19,20,21)/t8?,11-/m1/s1. The zero-order chi connectivity index (χ0) is 19.3. The van der Waals surface area contributed by atoms with E-state index in [4.69, 9.17) is 31.0 Å². The van der Waals surface area contributed by atoms with Gasteiger partial charge in [-0.2, -0.15) is 0 Å². The molecule has 0 saturated carbocycles. The van der Waals surface area contributed by atoms with E-state index in [1.807, 2.05) is 0 Å². The zero-order valence-electron chi connectivity index (χ0n) is 13.2. The minimum Gasteiger partial charge on any atom is -0.390 e. The zero-order valence-corrected chi connectivity index (χ0v) is 14.9. The van der Waals surface area contributed by atoms with Crippen LogP contribution < -0.4 is 11.5 Å². The smallest absolute Gasteiger partial charge is 0.334 e. The third-order valence-electron chi connectivity index (χ3n) is 2.77. The van der Waals surface area contributed by atoms with Crippen molar-refractivity contribution in [3.63, 3.8) is 0 Å². The maximum atomic E-state index is 11.8. The Kier molecular flexibility index (Phi) is 8.14. The Hall–Kier alpha value is -0.900. The molecule has 8 N–H and O–H groups in total. The summed E-state index contributed by atoms with van der Waals surface area (Å²) in [6.45, 7) is 2.47. The molecule has 0 aliphatic rings. The fraction of sp³-hybridized carbons (Fsp3) is 0.636. The van der Waals surface area contributed by atoms with Crippen LogP contribution in [0.2, 0.25) is 0 Å². The number of nitrogens with two attached hydrogens (primary N) is 2. The van der Waals surface area contributed by atoms with E-state index in [2.05, 4.69) is 4.74 Å². The number of hydrogen-bond acceptors (Lipinski definition) is 7. The Labute approximate surface area is 138 Å². The lowest BCUT2D eigenvalue weighted by atomic mass is 10.0. The number of esters is 2. The van der Waals surface area contributed by atoms with Crippen LogP contribution in [0.1, 0.15) is 20.3 Å². The second kappa shape index (κ2) is 8.46. The molecule has 0 fully saturated rings. The highest BCUT2D eigenvalue weighted by Crippen LogP contribution is 2.37. The summed E-state index contributed by atoms with van der Waals surface area (Å²) in [6.07, 6.45) is -0.681. The summed E-state index contributed by atoms with van der Waals surface area (Å²) in [5, 5.41) is 0. The maximum absolute atomic E-state index is 11.8. The van der Waals surface area contributed by atoms with Gasteiger partial charge in [0.05, 0.1) is 12.3 Å². The second-order valence-corrected chi connectivity index (χ2v) is 9.05. The largest absolute Gasteiger partial charge is 0.390 e. The SMILES string of the molecule is CC(=CC(N)C(=O)OC(=O)[C@](C)(N)CCP(=O)(O)O)CP(=O)(O)O. The lowest BCUT2D eigenvalue weighted by Crippen LogP contribution is -2.49. The van der Waals surface area contributed by atoms with Crippen LogP contribution in [0.4, 0.5) is 0 Å². The molecule has 0 heterocycles. The van der Waals surface area contributed by atoms with E-state index in [0.29, 0.717) is 0 Å². The molecule has 0 spiro atoms. The molecule has 0 rings (SSSR count). The summed E-state index contributed by atoms with van der Waals surface area (Å²) in [7, 11) is -8.70. The molecule has 0 aromatic carbocycles. The molecule has 24 heavy (non-hydrogen) atoms.